The van der Waals surface area contributed by atoms with Gasteiger partial charge in [-0.05, 0) is 45.4 Å². The monoisotopic (exact) mass is 248 g/mol. The molecule has 4 heteroatoms. The van der Waals surface area contributed by atoms with Crippen molar-refractivity contribution in [1.29, 1.82) is 5.26 Å². The lowest BCUT2D eigenvalue weighted by atomic mass is 10.1. The number of hydrogen-bond donors (Lipinski definition) is 0. The van der Waals surface area contributed by atoms with E-state index >= 15 is 0 Å². The van der Waals surface area contributed by atoms with Gasteiger partial charge in [-0.25, -0.2) is 4.21 Å². The highest BCUT2D eigenvalue weighted by Crippen LogP contribution is 2.14. The highest BCUT2D eigenvalue weighted by atomic mass is 32.2. The zero-order valence-corrected chi connectivity index (χ0v) is 11.3. The quantitative estimate of drug-likeness (QED) is 0.756. The van der Waals surface area contributed by atoms with Crippen LogP contribution in [0.15, 0.2) is 28.7 Å². The van der Waals surface area contributed by atoms with Crippen molar-refractivity contribution >= 4 is 16.7 Å². The summed E-state index contributed by atoms with van der Waals surface area (Å²) in [6.45, 7) is 7.49. The largest absolute Gasteiger partial charge is 0.234 e. The molecule has 0 N–H and O–H groups in total. The van der Waals surface area contributed by atoms with E-state index in [2.05, 4.69) is 10.5 Å². The van der Waals surface area contributed by atoms with Gasteiger partial charge >= 0.3 is 0 Å². The van der Waals surface area contributed by atoms with Crippen LogP contribution >= 0.6 is 0 Å². The van der Waals surface area contributed by atoms with E-state index in [9.17, 15) is 4.21 Å². The molecule has 1 aromatic carbocycles. The Morgan fingerprint density at radius 1 is 1.29 bits per heavy atom. The Hall–Kier alpha value is -1.47. The number of nitrogens with zero attached hydrogens (tertiary/aromatic N) is 2. The van der Waals surface area contributed by atoms with Gasteiger partial charge in [0.05, 0.1) is 22.1 Å². The van der Waals surface area contributed by atoms with Gasteiger partial charge in [0.15, 0.2) is 0 Å². The molecule has 1 atom stereocenters. The molecule has 1 unspecified atom stereocenters. The van der Waals surface area contributed by atoms with E-state index in [0.717, 1.165) is 11.3 Å². The second kappa shape index (κ2) is 5.24. The van der Waals surface area contributed by atoms with Crippen LogP contribution in [0.5, 0.6) is 0 Å². The molecule has 0 heterocycles. The van der Waals surface area contributed by atoms with Crippen molar-refractivity contribution in [3.63, 3.8) is 0 Å². The van der Waals surface area contributed by atoms with Crippen LogP contribution in [0.1, 0.15) is 38.8 Å². The molecule has 90 valence electrons. The summed E-state index contributed by atoms with van der Waals surface area (Å²) in [6, 6.07) is 9.15. The summed E-state index contributed by atoms with van der Waals surface area (Å²) in [5, 5.41) is 8.69. The molecule has 0 aliphatic heterocycles. The van der Waals surface area contributed by atoms with Crippen molar-refractivity contribution in [2.45, 2.75) is 32.4 Å². The van der Waals surface area contributed by atoms with Crippen molar-refractivity contribution in [1.82, 2.24) is 0 Å². The van der Waals surface area contributed by atoms with Gasteiger partial charge in [-0.1, -0.05) is 12.1 Å². The molecular weight excluding hydrogens is 232 g/mol. The molecule has 17 heavy (non-hydrogen) atoms. The number of nitriles is 1. The van der Waals surface area contributed by atoms with Crippen molar-refractivity contribution in [2.24, 2.45) is 4.40 Å². The summed E-state index contributed by atoms with van der Waals surface area (Å²) in [7, 11) is -1.25. The third-order valence-electron chi connectivity index (χ3n) is 2.18. The SMILES string of the molecule is CC(=NS(=O)C(C)(C)C)c1ccc(C#N)cc1. The van der Waals surface area contributed by atoms with Crippen LogP contribution in [-0.2, 0) is 11.0 Å². The second-order valence-electron chi connectivity index (χ2n) is 4.73. The zero-order valence-electron chi connectivity index (χ0n) is 10.5. The lowest BCUT2D eigenvalue weighted by molar-refractivity contribution is 0.650. The van der Waals surface area contributed by atoms with E-state index in [4.69, 9.17) is 5.26 Å². The van der Waals surface area contributed by atoms with E-state index in [1.807, 2.05) is 39.8 Å². The van der Waals surface area contributed by atoms with Crippen LogP contribution < -0.4 is 0 Å². The van der Waals surface area contributed by atoms with Crippen molar-refractivity contribution in [3.8, 4) is 6.07 Å². The minimum atomic E-state index is -1.25. The van der Waals surface area contributed by atoms with Crippen molar-refractivity contribution < 1.29 is 4.21 Å². The summed E-state index contributed by atoms with van der Waals surface area (Å²) in [4.78, 5) is 0. The smallest absolute Gasteiger partial charge is 0.145 e. The first-order chi connectivity index (χ1) is 7.84. The van der Waals surface area contributed by atoms with Crippen LogP contribution in [-0.4, -0.2) is 14.7 Å². The Morgan fingerprint density at radius 2 is 1.82 bits per heavy atom. The van der Waals surface area contributed by atoms with Gasteiger partial charge < -0.3 is 0 Å². The predicted octanol–water partition coefficient (Wildman–Crippen LogP) is 2.83. The first-order valence-electron chi connectivity index (χ1n) is 5.32. The van der Waals surface area contributed by atoms with E-state index < -0.39 is 11.0 Å². The van der Waals surface area contributed by atoms with E-state index in [1.54, 1.807) is 12.1 Å². The highest BCUT2D eigenvalue weighted by Gasteiger charge is 2.19. The van der Waals surface area contributed by atoms with Crippen LogP contribution in [0.3, 0.4) is 0 Å². The maximum atomic E-state index is 11.8. The van der Waals surface area contributed by atoms with E-state index in [1.165, 1.54) is 0 Å². The fraction of sp³-hybridized carbons (Fsp3) is 0.385. The molecule has 0 radical (unpaired) electrons. The van der Waals surface area contributed by atoms with Gasteiger partial charge in [0, 0.05) is 0 Å². The average molecular weight is 248 g/mol. The lowest BCUT2D eigenvalue weighted by Gasteiger charge is -2.14. The number of hydrogen-bond acceptors (Lipinski definition) is 2. The van der Waals surface area contributed by atoms with Crippen molar-refractivity contribution in [2.75, 3.05) is 0 Å². The van der Waals surface area contributed by atoms with Crippen LogP contribution in [0.4, 0.5) is 0 Å². The lowest BCUT2D eigenvalue weighted by Crippen LogP contribution is -2.20. The Bertz CT molecular complexity index is 490. The van der Waals surface area contributed by atoms with Gasteiger partial charge in [0.2, 0.25) is 0 Å². The van der Waals surface area contributed by atoms with Crippen LogP contribution in [0.25, 0.3) is 0 Å². The summed E-state index contributed by atoms with van der Waals surface area (Å²) in [6.07, 6.45) is 0. The maximum Gasteiger partial charge on any atom is 0.145 e. The molecule has 0 aromatic heterocycles. The summed E-state index contributed by atoms with van der Waals surface area (Å²) in [5.74, 6) is 0. The third kappa shape index (κ3) is 3.79. The minimum absolute atomic E-state index is 0.353. The normalized spacial score (nSPS) is 14.2. The Balaban J connectivity index is 2.97. The maximum absolute atomic E-state index is 11.8. The molecule has 0 saturated heterocycles. The Kier molecular flexibility index (Phi) is 4.19. The second-order valence-corrected chi connectivity index (χ2v) is 6.63. The van der Waals surface area contributed by atoms with E-state index in [0.29, 0.717) is 5.56 Å². The van der Waals surface area contributed by atoms with Crippen LogP contribution in [0, 0.1) is 11.3 Å². The molecule has 1 rings (SSSR count). The predicted molar refractivity (Wildman–Crippen MR) is 71.3 cm³/mol. The van der Waals surface area contributed by atoms with Gasteiger partial charge in [-0.3, -0.25) is 0 Å². The van der Waals surface area contributed by atoms with Gasteiger partial charge in [0.25, 0.3) is 0 Å². The first-order valence-corrected chi connectivity index (χ1v) is 6.43. The van der Waals surface area contributed by atoms with Gasteiger partial charge in [-0.2, -0.15) is 9.66 Å². The third-order valence-corrected chi connectivity index (χ3v) is 3.66. The molecule has 0 aliphatic carbocycles. The number of benzene rings is 1. The van der Waals surface area contributed by atoms with Crippen molar-refractivity contribution in [3.05, 3.63) is 35.4 Å². The summed E-state index contributed by atoms with van der Waals surface area (Å²) >= 11 is 0. The summed E-state index contributed by atoms with van der Waals surface area (Å²) < 4.78 is 15.7. The minimum Gasteiger partial charge on any atom is -0.234 e. The molecule has 3 nitrogen and oxygen atoms in total. The Labute approximate surface area is 105 Å². The molecule has 0 aliphatic rings. The highest BCUT2D eigenvalue weighted by molar-refractivity contribution is 7.85. The number of rotatable bonds is 2. The average Bonchev–Trinajstić information content (AvgIpc) is 2.27. The van der Waals surface area contributed by atoms with Gasteiger partial charge in [-0.15, -0.1) is 0 Å². The molecule has 1 aromatic rings. The molecule has 0 amide bonds. The first kappa shape index (κ1) is 13.6. The van der Waals surface area contributed by atoms with Crippen LogP contribution in [0.2, 0.25) is 0 Å². The standard InChI is InChI=1S/C13H16N2OS/c1-10(15-17(16)13(2,3)4)12-7-5-11(9-14)6-8-12/h5-8H,1-4H3. The fourth-order valence-electron chi connectivity index (χ4n) is 1.10. The van der Waals surface area contributed by atoms with Gasteiger partial charge in [0.1, 0.15) is 11.0 Å². The molecule has 0 fully saturated rings. The molecular formula is C13H16N2OS. The molecule has 0 saturated carbocycles. The van der Waals surface area contributed by atoms with E-state index in [-0.39, 0.29) is 4.75 Å². The zero-order chi connectivity index (χ0) is 13.1. The molecule has 0 spiro atoms. The topological polar surface area (TPSA) is 53.2 Å². The summed E-state index contributed by atoms with van der Waals surface area (Å²) in [5.41, 5.74) is 2.22. The fourth-order valence-corrected chi connectivity index (χ4v) is 1.73. The Morgan fingerprint density at radius 3 is 2.24 bits per heavy atom. The molecule has 0 bridgehead atoms.